The molecule has 2 atom stereocenters. The highest BCUT2D eigenvalue weighted by molar-refractivity contribution is 5.94. The molecule has 2 fully saturated rings. The number of amides is 1. The van der Waals surface area contributed by atoms with E-state index in [1.54, 1.807) is 7.11 Å². The zero-order valence-corrected chi connectivity index (χ0v) is 15.2. The molecular weight excluding hydrogens is 326 g/mol. The molecule has 0 N–H and O–H groups in total. The second-order valence-corrected chi connectivity index (χ2v) is 7.88. The van der Waals surface area contributed by atoms with Gasteiger partial charge in [-0.05, 0) is 48.6 Å². The molecule has 1 aromatic heterocycles. The van der Waals surface area contributed by atoms with Gasteiger partial charge in [-0.15, -0.1) is 0 Å². The fraction of sp³-hybridized carbons (Fsp3) is 0.476. The van der Waals surface area contributed by atoms with E-state index < -0.39 is 0 Å². The maximum Gasteiger partial charge on any atom is 0.270 e. The van der Waals surface area contributed by atoms with Crippen molar-refractivity contribution in [1.29, 1.82) is 0 Å². The molecule has 1 saturated heterocycles. The minimum atomic E-state index is 0.217. The van der Waals surface area contributed by atoms with Crippen LogP contribution in [0.4, 0.5) is 0 Å². The van der Waals surface area contributed by atoms with Crippen molar-refractivity contribution >= 4 is 5.91 Å². The van der Waals surface area contributed by atoms with Crippen LogP contribution in [0.1, 0.15) is 34.9 Å². The van der Waals surface area contributed by atoms with Crippen LogP contribution in [0.5, 0.6) is 5.75 Å². The number of carbonyl (C=O) groups excluding carboxylic acids is 1. The molecule has 5 nitrogen and oxygen atoms in total. The molecule has 0 spiro atoms. The molecular formula is C21H25N3O2. The molecule has 5 rings (SSSR count). The minimum absolute atomic E-state index is 0.217. The van der Waals surface area contributed by atoms with Crippen molar-refractivity contribution in [2.75, 3.05) is 26.7 Å². The van der Waals surface area contributed by atoms with E-state index in [0.717, 1.165) is 43.5 Å². The number of carbonyl (C=O) groups is 1. The van der Waals surface area contributed by atoms with Crippen molar-refractivity contribution in [2.24, 2.45) is 5.92 Å². The number of ether oxygens (including phenoxy) is 1. The van der Waals surface area contributed by atoms with Gasteiger partial charge in [0.1, 0.15) is 11.4 Å². The Hall–Kier alpha value is -2.27. The SMILES string of the molecule is COc1ccc(CN2C[C@H]3[C@H](C2)n2cccc2C(=O)N3CC2CC2)cc1. The molecule has 1 aliphatic carbocycles. The zero-order chi connectivity index (χ0) is 17.7. The van der Waals surface area contributed by atoms with Crippen LogP contribution in [0.2, 0.25) is 0 Å². The summed E-state index contributed by atoms with van der Waals surface area (Å²) in [5, 5.41) is 0. The lowest BCUT2D eigenvalue weighted by Crippen LogP contribution is -2.51. The first-order valence-electron chi connectivity index (χ1n) is 9.56. The van der Waals surface area contributed by atoms with E-state index in [4.69, 9.17) is 4.74 Å². The fourth-order valence-corrected chi connectivity index (χ4v) is 4.50. The largest absolute Gasteiger partial charge is 0.497 e. The van der Waals surface area contributed by atoms with Gasteiger partial charge in [-0.3, -0.25) is 9.69 Å². The Morgan fingerprint density at radius 3 is 2.58 bits per heavy atom. The average molecular weight is 351 g/mol. The second-order valence-electron chi connectivity index (χ2n) is 7.88. The molecule has 0 bridgehead atoms. The molecule has 1 aromatic carbocycles. The van der Waals surface area contributed by atoms with E-state index in [1.807, 2.05) is 24.3 Å². The van der Waals surface area contributed by atoms with Gasteiger partial charge in [0.2, 0.25) is 0 Å². The van der Waals surface area contributed by atoms with Gasteiger partial charge in [-0.2, -0.15) is 0 Å². The predicted molar refractivity (Wildman–Crippen MR) is 99.3 cm³/mol. The number of hydrogen-bond acceptors (Lipinski definition) is 3. The summed E-state index contributed by atoms with van der Waals surface area (Å²) < 4.78 is 7.47. The fourth-order valence-electron chi connectivity index (χ4n) is 4.50. The molecule has 1 amide bonds. The molecule has 5 heteroatoms. The summed E-state index contributed by atoms with van der Waals surface area (Å²) in [6.45, 7) is 3.79. The number of likely N-dealkylation sites (tertiary alicyclic amines) is 1. The average Bonchev–Trinajstić information content (AvgIpc) is 3.17. The van der Waals surface area contributed by atoms with Gasteiger partial charge in [-0.1, -0.05) is 12.1 Å². The van der Waals surface area contributed by atoms with Crippen LogP contribution in [0.25, 0.3) is 0 Å². The van der Waals surface area contributed by atoms with Crippen LogP contribution < -0.4 is 4.74 Å². The number of hydrogen-bond donors (Lipinski definition) is 0. The Morgan fingerprint density at radius 1 is 1.08 bits per heavy atom. The van der Waals surface area contributed by atoms with Crippen molar-refractivity contribution in [3.63, 3.8) is 0 Å². The van der Waals surface area contributed by atoms with Crippen molar-refractivity contribution in [3.8, 4) is 5.75 Å². The lowest BCUT2D eigenvalue weighted by atomic mass is 10.1. The topological polar surface area (TPSA) is 37.7 Å². The molecule has 26 heavy (non-hydrogen) atoms. The lowest BCUT2D eigenvalue weighted by molar-refractivity contribution is 0.0565. The molecule has 3 heterocycles. The first kappa shape index (κ1) is 15.9. The Balaban J connectivity index is 1.37. The lowest BCUT2D eigenvalue weighted by Gasteiger charge is -2.38. The monoisotopic (exact) mass is 351 g/mol. The Labute approximate surface area is 154 Å². The van der Waals surface area contributed by atoms with Crippen molar-refractivity contribution in [1.82, 2.24) is 14.4 Å². The highest BCUT2D eigenvalue weighted by Gasteiger charge is 2.46. The Kier molecular flexibility index (Phi) is 3.78. The normalized spacial score (nSPS) is 25.3. The summed E-state index contributed by atoms with van der Waals surface area (Å²) >= 11 is 0. The standard InChI is InChI=1S/C21H25N3O2/c1-26-17-8-6-15(7-9-17)11-22-13-19-20(14-22)24(12-16-4-5-16)21(25)18-3-2-10-23(18)19/h2-3,6-10,16,19-20H,4-5,11-14H2,1H3/t19-,20-/m0/s1. The summed E-state index contributed by atoms with van der Waals surface area (Å²) in [7, 11) is 1.69. The molecule has 2 aromatic rings. The molecule has 0 radical (unpaired) electrons. The van der Waals surface area contributed by atoms with Gasteiger partial charge in [0.15, 0.2) is 0 Å². The summed E-state index contributed by atoms with van der Waals surface area (Å²) in [5.41, 5.74) is 2.15. The van der Waals surface area contributed by atoms with Crippen LogP contribution in [0.15, 0.2) is 42.6 Å². The number of nitrogens with zero attached hydrogens (tertiary/aromatic N) is 3. The van der Waals surface area contributed by atoms with Gasteiger partial charge in [0, 0.05) is 32.4 Å². The van der Waals surface area contributed by atoms with Crippen molar-refractivity contribution in [2.45, 2.75) is 31.5 Å². The molecule has 136 valence electrons. The first-order valence-corrected chi connectivity index (χ1v) is 9.56. The van der Waals surface area contributed by atoms with E-state index in [2.05, 4.69) is 32.7 Å². The summed E-state index contributed by atoms with van der Waals surface area (Å²) in [6.07, 6.45) is 4.63. The third kappa shape index (κ3) is 2.71. The van der Waals surface area contributed by atoms with Gasteiger partial charge >= 0.3 is 0 Å². The maximum absolute atomic E-state index is 13.0. The molecule has 0 unspecified atom stereocenters. The number of methoxy groups -OCH3 is 1. The quantitative estimate of drug-likeness (QED) is 0.831. The van der Waals surface area contributed by atoms with Crippen LogP contribution in [0, 0.1) is 5.92 Å². The molecule has 2 aliphatic heterocycles. The van der Waals surface area contributed by atoms with E-state index in [-0.39, 0.29) is 5.91 Å². The minimum Gasteiger partial charge on any atom is -0.497 e. The van der Waals surface area contributed by atoms with Gasteiger partial charge in [0.05, 0.1) is 19.2 Å². The summed E-state index contributed by atoms with van der Waals surface area (Å²) in [6, 6.07) is 13.0. The second kappa shape index (κ2) is 6.16. The number of fused-ring (bicyclic) bond motifs is 3. The summed E-state index contributed by atoms with van der Waals surface area (Å²) in [5.74, 6) is 1.83. The van der Waals surface area contributed by atoms with Crippen LogP contribution >= 0.6 is 0 Å². The van der Waals surface area contributed by atoms with Gasteiger partial charge in [0.25, 0.3) is 5.91 Å². The highest BCUT2D eigenvalue weighted by atomic mass is 16.5. The zero-order valence-electron chi connectivity index (χ0n) is 15.2. The van der Waals surface area contributed by atoms with Gasteiger partial charge < -0.3 is 14.2 Å². The van der Waals surface area contributed by atoms with E-state index in [1.165, 1.54) is 18.4 Å². The maximum atomic E-state index is 13.0. The predicted octanol–water partition coefficient (Wildman–Crippen LogP) is 2.79. The van der Waals surface area contributed by atoms with Gasteiger partial charge in [-0.25, -0.2) is 0 Å². The number of rotatable bonds is 5. The smallest absolute Gasteiger partial charge is 0.270 e. The highest BCUT2D eigenvalue weighted by Crippen LogP contribution is 2.38. The van der Waals surface area contributed by atoms with Crippen molar-refractivity contribution < 1.29 is 9.53 Å². The van der Waals surface area contributed by atoms with Crippen LogP contribution in [-0.4, -0.2) is 53.1 Å². The molecule has 1 saturated carbocycles. The van der Waals surface area contributed by atoms with E-state index in [0.29, 0.717) is 12.1 Å². The third-order valence-electron chi connectivity index (χ3n) is 6.07. The number of aromatic nitrogens is 1. The Bertz CT molecular complexity index is 809. The van der Waals surface area contributed by atoms with Crippen LogP contribution in [0.3, 0.4) is 0 Å². The Morgan fingerprint density at radius 2 is 1.85 bits per heavy atom. The molecule has 3 aliphatic rings. The van der Waals surface area contributed by atoms with Crippen molar-refractivity contribution in [3.05, 3.63) is 53.9 Å². The van der Waals surface area contributed by atoms with E-state index in [9.17, 15) is 4.79 Å². The first-order chi connectivity index (χ1) is 12.7. The van der Waals surface area contributed by atoms with E-state index >= 15 is 0 Å². The van der Waals surface area contributed by atoms with Crippen LogP contribution in [-0.2, 0) is 6.54 Å². The third-order valence-corrected chi connectivity index (χ3v) is 6.07. The summed E-state index contributed by atoms with van der Waals surface area (Å²) in [4.78, 5) is 17.6. The number of benzene rings is 1.